The number of nitrogens with one attached hydrogen (secondary N) is 1. The Morgan fingerprint density at radius 1 is 1.42 bits per heavy atom. The summed E-state index contributed by atoms with van der Waals surface area (Å²) in [6.07, 6.45) is 6.57. The number of aromatic nitrogens is 2. The fourth-order valence-electron chi connectivity index (χ4n) is 2.67. The number of imidazole rings is 1. The monoisotopic (exact) mass is 375 g/mol. The van der Waals surface area contributed by atoms with Gasteiger partial charge in [0.15, 0.2) is 5.16 Å². The minimum Gasteiger partial charge on any atom is -0.376 e. The third-order valence-corrected chi connectivity index (χ3v) is 5.37. The largest absolute Gasteiger partial charge is 0.376 e. The first-order valence-corrected chi connectivity index (χ1v) is 9.73. The van der Waals surface area contributed by atoms with Crippen molar-refractivity contribution in [2.45, 2.75) is 48.4 Å². The molecule has 3 rings (SSSR count). The van der Waals surface area contributed by atoms with Crippen molar-refractivity contribution in [1.82, 2.24) is 9.55 Å². The standard InChI is InChI=1S/C19H25N3O3S/c1-14(25-13-16-5-3-4-12-24-16)18(23)21-15-6-8-17(9-7-15)26-19-20-10-11-22(19)2/h6-11,14,16H,3-5,12-13H2,1-2H3,(H,21,23). The average Bonchev–Trinajstić information content (AvgIpc) is 3.06. The summed E-state index contributed by atoms with van der Waals surface area (Å²) < 4.78 is 13.3. The number of nitrogens with zero attached hydrogens (tertiary/aromatic N) is 2. The van der Waals surface area contributed by atoms with Crippen LogP contribution >= 0.6 is 11.8 Å². The normalized spacial score (nSPS) is 18.5. The van der Waals surface area contributed by atoms with Crippen LogP contribution in [-0.2, 0) is 21.3 Å². The molecule has 0 spiro atoms. The summed E-state index contributed by atoms with van der Waals surface area (Å²) in [6, 6.07) is 7.72. The molecule has 2 atom stereocenters. The van der Waals surface area contributed by atoms with E-state index in [0.29, 0.717) is 6.61 Å². The Labute approximate surface area is 158 Å². The van der Waals surface area contributed by atoms with Crippen LogP contribution < -0.4 is 5.32 Å². The Morgan fingerprint density at radius 3 is 2.88 bits per heavy atom. The van der Waals surface area contributed by atoms with Crippen LogP contribution in [0.5, 0.6) is 0 Å². The first-order chi connectivity index (χ1) is 12.6. The van der Waals surface area contributed by atoms with E-state index in [2.05, 4.69) is 10.3 Å². The van der Waals surface area contributed by atoms with E-state index >= 15 is 0 Å². The van der Waals surface area contributed by atoms with Gasteiger partial charge in [-0.3, -0.25) is 4.79 Å². The smallest absolute Gasteiger partial charge is 0.253 e. The lowest BCUT2D eigenvalue weighted by molar-refractivity contribution is -0.130. The Bertz CT molecular complexity index is 711. The van der Waals surface area contributed by atoms with E-state index in [4.69, 9.17) is 9.47 Å². The molecule has 1 fully saturated rings. The average molecular weight is 375 g/mol. The van der Waals surface area contributed by atoms with E-state index in [1.54, 1.807) is 24.9 Å². The minimum absolute atomic E-state index is 0.112. The minimum atomic E-state index is -0.512. The van der Waals surface area contributed by atoms with Gasteiger partial charge in [-0.1, -0.05) is 11.8 Å². The summed E-state index contributed by atoms with van der Waals surface area (Å²) in [5.41, 5.74) is 0.753. The van der Waals surface area contributed by atoms with Crippen molar-refractivity contribution >= 4 is 23.4 Å². The molecule has 1 aliphatic rings. The summed E-state index contributed by atoms with van der Waals surface area (Å²) in [5, 5.41) is 3.82. The highest BCUT2D eigenvalue weighted by Crippen LogP contribution is 2.26. The van der Waals surface area contributed by atoms with Crippen LogP contribution in [0.2, 0.25) is 0 Å². The number of rotatable bonds is 7. The summed E-state index contributed by atoms with van der Waals surface area (Å²) in [4.78, 5) is 17.6. The van der Waals surface area contributed by atoms with E-state index in [-0.39, 0.29) is 12.0 Å². The number of benzene rings is 1. The van der Waals surface area contributed by atoms with Gasteiger partial charge < -0.3 is 19.4 Å². The van der Waals surface area contributed by atoms with Gasteiger partial charge in [-0.15, -0.1) is 0 Å². The van der Waals surface area contributed by atoms with E-state index in [1.165, 1.54) is 0 Å². The summed E-state index contributed by atoms with van der Waals surface area (Å²) in [7, 11) is 1.96. The highest BCUT2D eigenvalue weighted by atomic mass is 32.2. The molecule has 26 heavy (non-hydrogen) atoms. The van der Waals surface area contributed by atoms with Crippen LogP contribution in [0.1, 0.15) is 26.2 Å². The zero-order valence-electron chi connectivity index (χ0n) is 15.2. The van der Waals surface area contributed by atoms with Gasteiger partial charge in [0, 0.05) is 36.6 Å². The molecule has 140 valence electrons. The number of aryl methyl sites for hydroxylation is 1. The lowest BCUT2D eigenvalue weighted by atomic mass is 10.1. The molecular formula is C19H25N3O3S. The Hall–Kier alpha value is -1.83. The van der Waals surface area contributed by atoms with Gasteiger partial charge in [0.25, 0.3) is 5.91 Å². The summed E-state index contributed by atoms with van der Waals surface area (Å²) in [5.74, 6) is -0.148. The van der Waals surface area contributed by atoms with Crippen molar-refractivity contribution in [2.75, 3.05) is 18.5 Å². The molecule has 1 aliphatic heterocycles. The molecule has 0 saturated carbocycles. The SMILES string of the molecule is CC(OCC1CCCCO1)C(=O)Nc1ccc(Sc2nccn2C)cc1. The first-order valence-electron chi connectivity index (χ1n) is 8.91. The second kappa shape index (κ2) is 9.21. The zero-order valence-corrected chi connectivity index (χ0v) is 16.0. The number of carbonyl (C=O) groups excluding carboxylic acids is 1. The number of anilines is 1. The molecule has 1 N–H and O–H groups in total. The first kappa shape index (κ1) is 18.9. The molecule has 0 bridgehead atoms. The Kier molecular flexibility index (Phi) is 6.71. The van der Waals surface area contributed by atoms with Gasteiger partial charge in [0.05, 0.1) is 12.7 Å². The molecular weight excluding hydrogens is 350 g/mol. The predicted molar refractivity (Wildman–Crippen MR) is 101 cm³/mol. The number of carbonyl (C=O) groups is 1. The third kappa shape index (κ3) is 5.33. The number of hydrogen-bond acceptors (Lipinski definition) is 5. The molecule has 0 aliphatic carbocycles. The lowest BCUT2D eigenvalue weighted by Crippen LogP contribution is -2.32. The van der Waals surface area contributed by atoms with Gasteiger partial charge in [-0.25, -0.2) is 4.98 Å². The van der Waals surface area contributed by atoms with E-state index in [9.17, 15) is 4.79 Å². The van der Waals surface area contributed by atoms with Crippen molar-refractivity contribution in [3.63, 3.8) is 0 Å². The molecule has 1 aromatic carbocycles. The number of ether oxygens (including phenoxy) is 2. The molecule has 1 saturated heterocycles. The second-order valence-corrected chi connectivity index (χ2v) is 7.44. The van der Waals surface area contributed by atoms with Crippen LogP contribution in [0.4, 0.5) is 5.69 Å². The van der Waals surface area contributed by atoms with E-state index < -0.39 is 6.10 Å². The van der Waals surface area contributed by atoms with Gasteiger partial charge >= 0.3 is 0 Å². The molecule has 2 heterocycles. The van der Waals surface area contributed by atoms with E-state index in [1.807, 2.05) is 42.1 Å². The zero-order chi connectivity index (χ0) is 18.4. The van der Waals surface area contributed by atoms with Crippen molar-refractivity contribution in [2.24, 2.45) is 7.05 Å². The maximum absolute atomic E-state index is 12.3. The quantitative estimate of drug-likeness (QED) is 0.803. The lowest BCUT2D eigenvalue weighted by Gasteiger charge is -2.23. The van der Waals surface area contributed by atoms with Gasteiger partial charge in [-0.2, -0.15) is 0 Å². The molecule has 2 aromatic rings. The summed E-state index contributed by atoms with van der Waals surface area (Å²) in [6.45, 7) is 3.02. The van der Waals surface area contributed by atoms with Gasteiger partial charge in [0.2, 0.25) is 0 Å². The third-order valence-electron chi connectivity index (χ3n) is 4.28. The topological polar surface area (TPSA) is 65.4 Å². The highest BCUT2D eigenvalue weighted by Gasteiger charge is 2.19. The molecule has 0 radical (unpaired) electrons. The van der Waals surface area contributed by atoms with Crippen molar-refractivity contribution < 1.29 is 14.3 Å². The van der Waals surface area contributed by atoms with Crippen molar-refractivity contribution in [1.29, 1.82) is 0 Å². The summed E-state index contributed by atoms with van der Waals surface area (Å²) >= 11 is 1.58. The van der Waals surface area contributed by atoms with Crippen LogP contribution in [0, 0.1) is 0 Å². The Morgan fingerprint density at radius 2 is 2.23 bits per heavy atom. The molecule has 6 nitrogen and oxygen atoms in total. The molecule has 2 unspecified atom stereocenters. The molecule has 1 aromatic heterocycles. The molecule has 1 amide bonds. The molecule has 7 heteroatoms. The van der Waals surface area contributed by atoms with Crippen LogP contribution in [0.15, 0.2) is 46.7 Å². The Balaban J connectivity index is 1.46. The fourth-order valence-corrected chi connectivity index (χ4v) is 3.47. The van der Waals surface area contributed by atoms with Crippen molar-refractivity contribution in [3.8, 4) is 0 Å². The maximum Gasteiger partial charge on any atom is 0.253 e. The highest BCUT2D eigenvalue weighted by molar-refractivity contribution is 7.99. The van der Waals surface area contributed by atoms with Gasteiger partial charge in [0.1, 0.15) is 6.10 Å². The van der Waals surface area contributed by atoms with Gasteiger partial charge in [-0.05, 0) is 50.5 Å². The maximum atomic E-state index is 12.3. The van der Waals surface area contributed by atoms with Crippen LogP contribution in [-0.4, -0.2) is 40.9 Å². The second-order valence-electron chi connectivity index (χ2n) is 6.40. The predicted octanol–water partition coefficient (Wildman–Crippen LogP) is 3.48. The van der Waals surface area contributed by atoms with Crippen LogP contribution in [0.25, 0.3) is 0 Å². The van der Waals surface area contributed by atoms with Crippen LogP contribution in [0.3, 0.4) is 0 Å². The fraction of sp³-hybridized carbons (Fsp3) is 0.474. The number of amides is 1. The van der Waals surface area contributed by atoms with Crippen molar-refractivity contribution in [3.05, 3.63) is 36.7 Å². The van der Waals surface area contributed by atoms with E-state index in [0.717, 1.165) is 41.6 Å². The number of hydrogen-bond donors (Lipinski definition) is 1.